The van der Waals surface area contributed by atoms with E-state index in [2.05, 4.69) is 10.6 Å². The van der Waals surface area contributed by atoms with Gasteiger partial charge in [-0.3, -0.25) is 9.59 Å². The van der Waals surface area contributed by atoms with E-state index in [9.17, 15) is 14.0 Å². The van der Waals surface area contributed by atoms with Gasteiger partial charge in [-0.1, -0.05) is 12.1 Å². The Bertz CT molecular complexity index is 593. The second-order valence-electron chi connectivity index (χ2n) is 6.25. The van der Waals surface area contributed by atoms with Crippen molar-refractivity contribution in [3.05, 3.63) is 30.1 Å². The van der Waals surface area contributed by atoms with Gasteiger partial charge < -0.3 is 15.5 Å². The van der Waals surface area contributed by atoms with Gasteiger partial charge in [0.15, 0.2) is 0 Å². The van der Waals surface area contributed by atoms with Crippen molar-refractivity contribution in [3.63, 3.8) is 0 Å². The minimum atomic E-state index is -0.538. The predicted molar refractivity (Wildman–Crippen MR) is 92.8 cm³/mol. The van der Waals surface area contributed by atoms with Crippen LogP contribution in [0.5, 0.6) is 0 Å². The van der Waals surface area contributed by atoms with Gasteiger partial charge >= 0.3 is 0 Å². The third-order valence-corrected chi connectivity index (χ3v) is 4.63. The molecule has 1 aromatic carbocycles. The largest absolute Gasteiger partial charge is 0.344 e. The van der Waals surface area contributed by atoms with Crippen LogP contribution in [0, 0.1) is 11.7 Å². The minimum absolute atomic E-state index is 0. The summed E-state index contributed by atoms with van der Waals surface area (Å²) in [7, 11) is 0. The van der Waals surface area contributed by atoms with E-state index in [-0.39, 0.29) is 29.9 Å². The second-order valence-corrected chi connectivity index (χ2v) is 6.25. The normalized spacial score (nSPS) is 23.2. The zero-order valence-electron chi connectivity index (χ0n) is 13.5. The number of rotatable bonds is 5. The van der Waals surface area contributed by atoms with Crippen LogP contribution in [-0.4, -0.2) is 37.5 Å². The molecule has 132 valence electrons. The van der Waals surface area contributed by atoms with Gasteiger partial charge in [-0.25, -0.2) is 4.39 Å². The molecule has 2 N–H and O–H groups in total. The van der Waals surface area contributed by atoms with E-state index in [0.717, 1.165) is 25.9 Å². The Morgan fingerprint density at radius 3 is 2.83 bits per heavy atom. The summed E-state index contributed by atoms with van der Waals surface area (Å²) in [5.74, 6) is -0.187. The SMILES string of the molecule is Cl.O=C(CCC1CCNC1)NC1CCN(c2ccccc2F)C1=O. The van der Waals surface area contributed by atoms with Crippen molar-refractivity contribution in [3.8, 4) is 0 Å². The summed E-state index contributed by atoms with van der Waals surface area (Å²) in [5, 5.41) is 6.08. The lowest BCUT2D eigenvalue weighted by atomic mass is 10.0. The highest BCUT2D eigenvalue weighted by Crippen LogP contribution is 2.24. The van der Waals surface area contributed by atoms with Crippen molar-refractivity contribution in [2.45, 2.75) is 31.7 Å². The summed E-state index contributed by atoms with van der Waals surface area (Å²) in [5.41, 5.74) is 0.284. The molecule has 24 heavy (non-hydrogen) atoms. The summed E-state index contributed by atoms with van der Waals surface area (Å²) in [6, 6.07) is 5.68. The molecule has 7 heteroatoms. The minimum Gasteiger partial charge on any atom is -0.344 e. The Balaban J connectivity index is 0.00000208. The Morgan fingerprint density at radius 2 is 2.12 bits per heavy atom. The van der Waals surface area contributed by atoms with E-state index in [4.69, 9.17) is 0 Å². The first kappa shape index (κ1) is 18.7. The van der Waals surface area contributed by atoms with Crippen molar-refractivity contribution in [2.75, 3.05) is 24.5 Å². The molecule has 2 aliphatic rings. The number of benzene rings is 1. The molecule has 1 aromatic rings. The van der Waals surface area contributed by atoms with Gasteiger partial charge in [0.25, 0.3) is 0 Å². The molecule has 0 radical (unpaired) electrons. The Hall–Kier alpha value is -1.66. The van der Waals surface area contributed by atoms with Crippen LogP contribution in [0.15, 0.2) is 24.3 Å². The van der Waals surface area contributed by atoms with Crippen molar-refractivity contribution >= 4 is 29.9 Å². The molecule has 0 spiro atoms. The Morgan fingerprint density at radius 1 is 1.33 bits per heavy atom. The van der Waals surface area contributed by atoms with E-state index < -0.39 is 11.9 Å². The van der Waals surface area contributed by atoms with Gasteiger partial charge in [-0.2, -0.15) is 0 Å². The van der Waals surface area contributed by atoms with Crippen LogP contribution < -0.4 is 15.5 Å². The Labute approximate surface area is 147 Å². The fourth-order valence-electron chi connectivity index (χ4n) is 3.29. The van der Waals surface area contributed by atoms with E-state index in [1.807, 2.05) is 0 Å². The lowest BCUT2D eigenvalue weighted by Gasteiger charge is -2.18. The molecule has 0 aliphatic carbocycles. The van der Waals surface area contributed by atoms with Crippen molar-refractivity contribution in [2.24, 2.45) is 5.92 Å². The number of carbonyl (C=O) groups excluding carboxylic acids is 2. The van der Waals surface area contributed by atoms with Gasteiger partial charge in [0.2, 0.25) is 11.8 Å². The molecule has 5 nitrogen and oxygen atoms in total. The maximum atomic E-state index is 13.8. The molecule has 2 atom stereocenters. The van der Waals surface area contributed by atoms with E-state index >= 15 is 0 Å². The van der Waals surface area contributed by atoms with Gasteiger partial charge in [0.05, 0.1) is 5.69 Å². The van der Waals surface area contributed by atoms with Gasteiger partial charge in [0, 0.05) is 13.0 Å². The number of nitrogens with one attached hydrogen (secondary N) is 2. The maximum absolute atomic E-state index is 13.8. The Kier molecular flexibility index (Phi) is 6.57. The average molecular weight is 356 g/mol. The van der Waals surface area contributed by atoms with Crippen LogP contribution in [0.2, 0.25) is 0 Å². The van der Waals surface area contributed by atoms with Crippen LogP contribution >= 0.6 is 12.4 Å². The number of hydrogen-bond donors (Lipinski definition) is 2. The highest BCUT2D eigenvalue weighted by molar-refractivity contribution is 6.01. The molecular formula is C17H23ClFN3O2. The number of halogens is 2. The number of para-hydroxylation sites is 1. The third-order valence-electron chi connectivity index (χ3n) is 4.63. The quantitative estimate of drug-likeness (QED) is 0.847. The zero-order valence-corrected chi connectivity index (χ0v) is 14.3. The van der Waals surface area contributed by atoms with E-state index in [1.165, 1.54) is 11.0 Å². The topological polar surface area (TPSA) is 61.4 Å². The zero-order chi connectivity index (χ0) is 16.2. The monoisotopic (exact) mass is 355 g/mol. The molecule has 2 fully saturated rings. The summed E-state index contributed by atoms with van der Waals surface area (Å²) >= 11 is 0. The van der Waals surface area contributed by atoms with Crippen molar-refractivity contribution < 1.29 is 14.0 Å². The average Bonchev–Trinajstić information content (AvgIpc) is 3.17. The number of anilines is 1. The molecule has 2 unspecified atom stereocenters. The summed E-state index contributed by atoms with van der Waals surface area (Å²) in [6.45, 7) is 2.42. The van der Waals surface area contributed by atoms with Crippen molar-refractivity contribution in [1.29, 1.82) is 0 Å². The molecular weight excluding hydrogens is 333 g/mol. The smallest absolute Gasteiger partial charge is 0.249 e. The lowest BCUT2D eigenvalue weighted by molar-refractivity contribution is -0.126. The fourth-order valence-corrected chi connectivity index (χ4v) is 3.29. The van der Waals surface area contributed by atoms with E-state index in [0.29, 0.717) is 25.3 Å². The molecule has 0 bridgehead atoms. The molecule has 3 rings (SSSR count). The second kappa shape index (κ2) is 8.44. The molecule has 2 saturated heterocycles. The number of carbonyl (C=O) groups is 2. The number of hydrogen-bond acceptors (Lipinski definition) is 3. The molecule has 0 saturated carbocycles. The van der Waals surface area contributed by atoms with Crippen molar-refractivity contribution in [1.82, 2.24) is 10.6 Å². The fraction of sp³-hybridized carbons (Fsp3) is 0.529. The van der Waals surface area contributed by atoms with Crippen LogP contribution in [0.3, 0.4) is 0 Å². The van der Waals surface area contributed by atoms with Crippen LogP contribution in [-0.2, 0) is 9.59 Å². The van der Waals surface area contributed by atoms with E-state index in [1.54, 1.807) is 18.2 Å². The van der Waals surface area contributed by atoms with Crippen LogP contribution in [0.1, 0.15) is 25.7 Å². The molecule has 2 aliphatic heterocycles. The predicted octanol–water partition coefficient (Wildman–Crippen LogP) is 1.86. The highest BCUT2D eigenvalue weighted by atomic mass is 35.5. The van der Waals surface area contributed by atoms with Gasteiger partial charge in [-0.05, 0) is 50.4 Å². The summed E-state index contributed by atoms with van der Waals surface area (Å²) in [6.07, 6.45) is 2.91. The number of amides is 2. The summed E-state index contributed by atoms with van der Waals surface area (Å²) < 4.78 is 13.8. The highest BCUT2D eigenvalue weighted by Gasteiger charge is 2.34. The first-order valence-corrected chi connectivity index (χ1v) is 8.21. The van der Waals surface area contributed by atoms with Gasteiger partial charge in [0.1, 0.15) is 11.9 Å². The van der Waals surface area contributed by atoms with Crippen LogP contribution in [0.4, 0.5) is 10.1 Å². The first-order chi connectivity index (χ1) is 11.1. The lowest BCUT2D eigenvalue weighted by Crippen LogP contribution is -2.41. The van der Waals surface area contributed by atoms with Gasteiger partial charge in [-0.15, -0.1) is 12.4 Å². The first-order valence-electron chi connectivity index (χ1n) is 8.21. The standard InChI is InChI=1S/C17H22FN3O2.ClH/c18-13-3-1-2-4-15(13)21-10-8-14(17(21)23)20-16(22)6-5-12-7-9-19-11-12;/h1-4,12,14,19H,5-11H2,(H,20,22);1H. The maximum Gasteiger partial charge on any atom is 0.249 e. The molecule has 2 heterocycles. The number of nitrogens with zero attached hydrogens (tertiary/aromatic N) is 1. The summed E-state index contributed by atoms with van der Waals surface area (Å²) in [4.78, 5) is 25.8. The third kappa shape index (κ3) is 4.24. The molecule has 0 aromatic heterocycles. The molecule has 2 amide bonds. The van der Waals surface area contributed by atoms with Crippen LogP contribution in [0.25, 0.3) is 0 Å².